The van der Waals surface area contributed by atoms with Crippen molar-refractivity contribution in [2.45, 2.75) is 51.0 Å². The first kappa shape index (κ1) is 8.09. The molecule has 1 saturated carbocycles. The molecule has 1 unspecified atom stereocenters. The van der Waals surface area contributed by atoms with Crippen LogP contribution in [0, 0.1) is 5.92 Å². The van der Waals surface area contributed by atoms with Gasteiger partial charge in [-0.25, -0.2) is 0 Å². The molecule has 0 aromatic rings. The van der Waals surface area contributed by atoms with Crippen LogP contribution in [0.4, 0.5) is 0 Å². The lowest BCUT2D eigenvalue weighted by Crippen LogP contribution is -2.49. The molecule has 0 spiro atoms. The summed E-state index contributed by atoms with van der Waals surface area (Å²) in [7, 11) is 0. The smallest absolute Gasteiger partial charge is 0.222 e. The van der Waals surface area contributed by atoms with Crippen LogP contribution in [-0.4, -0.2) is 11.9 Å². The third-order valence-electron chi connectivity index (χ3n) is 3.14. The summed E-state index contributed by atoms with van der Waals surface area (Å²) >= 11 is 0. The first-order valence-electron chi connectivity index (χ1n) is 5.14. The van der Waals surface area contributed by atoms with Crippen molar-refractivity contribution < 1.29 is 4.79 Å². The number of hydrogen-bond donors (Lipinski definition) is 1. The third-order valence-corrected chi connectivity index (χ3v) is 3.14. The molecule has 2 nitrogen and oxygen atoms in total. The largest absolute Gasteiger partial charge is 0.353 e. The van der Waals surface area contributed by atoms with Crippen molar-refractivity contribution in [1.29, 1.82) is 0 Å². The molecule has 1 aliphatic carbocycles. The van der Waals surface area contributed by atoms with E-state index >= 15 is 0 Å². The summed E-state index contributed by atoms with van der Waals surface area (Å²) in [6.45, 7) is 0. The highest BCUT2D eigenvalue weighted by atomic mass is 16.2. The fourth-order valence-electron chi connectivity index (χ4n) is 2.40. The summed E-state index contributed by atoms with van der Waals surface area (Å²) in [5, 5.41) is 2.95. The summed E-state index contributed by atoms with van der Waals surface area (Å²) in [4.78, 5) is 10.6. The molecule has 2 aliphatic rings. The minimum atomic E-state index is 0.246. The molecule has 1 aliphatic heterocycles. The van der Waals surface area contributed by atoms with Crippen molar-refractivity contribution in [2.24, 2.45) is 5.92 Å². The zero-order valence-electron chi connectivity index (χ0n) is 7.51. The predicted octanol–water partition coefficient (Wildman–Crippen LogP) is 1.85. The molecular weight excluding hydrogens is 150 g/mol. The highest BCUT2D eigenvalue weighted by Crippen LogP contribution is 2.29. The molecule has 0 bridgehead atoms. The number of β-lactam (4-membered cyclic amide) rings is 1. The van der Waals surface area contributed by atoms with E-state index in [2.05, 4.69) is 5.32 Å². The van der Waals surface area contributed by atoms with E-state index in [1.165, 1.54) is 38.5 Å². The van der Waals surface area contributed by atoms with Crippen LogP contribution in [0.3, 0.4) is 0 Å². The standard InChI is InChI=1S/C10H17NO/c12-10-7-9(11-10)6-8-4-2-1-3-5-8/h8-9H,1-7H2,(H,11,12). The maximum atomic E-state index is 10.6. The Bertz CT molecular complexity index is 165. The van der Waals surface area contributed by atoms with Gasteiger partial charge in [0.1, 0.15) is 0 Å². The van der Waals surface area contributed by atoms with Gasteiger partial charge in [0.2, 0.25) is 5.91 Å². The van der Waals surface area contributed by atoms with Crippen molar-refractivity contribution in [3.8, 4) is 0 Å². The first-order valence-corrected chi connectivity index (χ1v) is 5.14. The van der Waals surface area contributed by atoms with Crippen molar-refractivity contribution in [3.05, 3.63) is 0 Å². The van der Waals surface area contributed by atoms with Gasteiger partial charge in [0.05, 0.1) is 0 Å². The van der Waals surface area contributed by atoms with Crippen LogP contribution in [0.5, 0.6) is 0 Å². The van der Waals surface area contributed by atoms with Gasteiger partial charge in [-0.1, -0.05) is 32.1 Å². The Balaban J connectivity index is 1.68. The fraction of sp³-hybridized carbons (Fsp3) is 0.900. The maximum Gasteiger partial charge on any atom is 0.222 e. The van der Waals surface area contributed by atoms with E-state index in [9.17, 15) is 4.79 Å². The Morgan fingerprint density at radius 1 is 1.25 bits per heavy atom. The molecule has 1 N–H and O–H groups in total. The Morgan fingerprint density at radius 3 is 2.50 bits per heavy atom. The second-order valence-electron chi connectivity index (χ2n) is 4.21. The zero-order valence-corrected chi connectivity index (χ0v) is 7.51. The lowest BCUT2D eigenvalue weighted by molar-refractivity contribution is -0.128. The van der Waals surface area contributed by atoms with Crippen LogP contribution >= 0.6 is 0 Å². The van der Waals surface area contributed by atoms with E-state index < -0.39 is 0 Å². The molecule has 1 amide bonds. The molecule has 1 atom stereocenters. The van der Waals surface area contributed by atoms with E-state index in [4.69, 9.17) is 0 Å². The number of nitrogens with one attached hydrogen (secondary N) is 1. The van der Waals surface area contributed by atoms with E-state index in [-0.39, 0.29) is 5.91 Å². The van der Waals surface area contributed by atoms with Gasteiger partial charge >= 0.3 is 0 Å². The van der Waals surface area contributed by atoms with Crippen LogP contribution in [0.2, 0.25) is 0 Å². The fourth-order valence-corrected chi connectivity index (χ4v) is 2.40. The van der Waals surface area contributed by atoms with Crippen LogP contribution in [0.25, 0.3) is 0 Å². The average molecular weight is 167 g/mol. The van der Waals surface area contributed by atoms with Gasteiger partial charge in [-0.05, 0) is 12.3 Å². The zero-order chi connectivity index (χ0) is 8.39. The molecule has 1 heterocycles. The summed E-state index contributed by atoms with van der Waals surface area (Å²) < 4.78 is 0. The molecule has 1 saturated heterocycles. The third kappa shape index (κ3) is 1.79. The van der Waals surface area contributed by atoms with Crippen molar-refractivity contribution >= 4 is 5.91 Å². The Kier molecular flexibility index (Phi) is 2.33. The molecule has 2 fully saturated rings. The lowest BCUT2D eigenvalue weighted by atomic mass is 9.83. The van der Waals surface area contributed by atoms with E-state index in [1.807, 2.05) is 0 Å². The van der Waals surface area contributed by atoms with Crippen LogP contribution in [-0.2, 0) is 4.79 Å². The highest BCUT2D eigenvalue weighted by Gasteiger charge is 2.28. The highest BCUT2D eigenvalue weighted by molar-refractivity contribution is 5.82. The van der Waals surface area contributed by atoms with Gasteiger partial charge in [0, 0.05) is 12.5 Å². The van der Waals surface area contributed by atoms with Gasteiger partial charge in [-0.3, -0.25) is 4.79 Å². The second-order valence-corrected chi connectivity index (χ2v) is 4.21. The Labute approximate surface area is 73.7 Å². The van der Waals surface area contributed by atoms with E-state index in [0.29, 0.717) is 6.04 Å². The monoisotopic (exact) mass is 167 g/mol. The first-order chi connectivity index (χ1) is 5.84. The number of amides is 1. The van der Waals surface area contributed by atoms with Gasteiger partial charge in [0.25, 0.3) is 0 Å². The quantitative estimate of drug-likeness (QED) is 0.625. The number of rotatable bonds is 2. The van der Waals surface area contributed by atoms with Gasteiger partial charge < -0.3 is 5.32 Å². The molecule has 0 aromatic heterocycles. The molecule has 0 radical (unpaired) electrons. The molecule has 2 heteroatoms. The van der Waals surface area contributed by atoms with E-state index in [0.717, 1.165) is 12.3 Å². The van der Waals surface area contributed by atoms with Crippen molar-refractivity contribution in [3.63, 3.8) is 0 Å². The average Bonchev–Trinajstić information content (AvgIpc) is 2.04. The molecule has 12 heavy (non-hydrogen) atoms. The minimum Gasteiger partial charge on any atom is -0.353 e. The topological polar surface area (TPSA) is 29.1 Å². The summed E-state index contributed by atoms with van der Waals surface area (Å²) in [6, 6.07) is 0.528. The van der Waals surface area contributed by atoms with Gasteiger partial charge in [0.15, 0.2) is 0 Å². The Morgan fingerprint density at radius 2 is 1.92 bits per heavy atom. The van der Waals surface area contributed by atoms with Gasteiger partial charge in [-0.2, -0.15) is 0 Å². The minimum absolute atomic E-state index is 0.246. The van der Waals surface area contributed by atoms with Crippen LogP contribution < -0.4 is 5.32 Å². The van der Waals surface area contributed by atoms with E-state index in [1.54, 1.807) is 0 Å². The molecule has 0 aromatic carbocycles. The SMILES string of the molecule is O=C1CC(CC2CCCCC2)N1. The molecular formula is C10H17NO. The van der Waals surface area contributed by atoms with Gasteiger partial charge in [-0.15, -0.1) is 0 Å². The molecule has 2 rings (SSSR count). The summed E-state index contributed by atoms with van der Waals surface area (Å²) in [5.74, 6) is 1.15. The summed E-state index contributed by atoms with van der Waals surface area (Å²) in [5.41, 5.74) is 0. The predicted molar refractivity (Wildman–Crippen MR) is 47.7 cm³/mol. The second kappa shape index (κ2) is 3.46. The van der Waals surface area contributed by atoms with Crippen molar-refractivity contribution in [1.82, 2.24) is 5.32 Å². The normalized spacial score (nSPS) is 31.0. The Hall–Kier alpha value is -0.530. The van der Waals surface area contributed by atoms with Crippen LogP contribution in [0.1, 0.15) is 44.9 Å². The number of carbonyl (C=O) groups excluding carboxylic acids is 1. The van der Waals surface area contributed by atoms with Crippen molar-refractivity contribution in [2.75, 3.05) is 0 Å². The van der Waals surface area contributed by atoms with Crippen LogP contribution in [0.15, 0.2) is 0 Å². The molecule has 68 valence electrons. The maximum absolute atomic E-state index is 10.6. The summed E-state index contributed by atoms with van der Waals surface area (Å²) in [6.07, 6.45) is 9.06. The number of hydrogen-bond acceptors (Lipinski definition) is 1. The lowest BCUT2D eigenvalue weighted by Gasteiger charge is -2.32. The number of carbonyl (C=O) groups is 1.